The normalized spacial score (nSPS) is 11.2. The lowest BCUT2D eigenvalue weighted by Crippen LogP contribution is -2.11. The Morgan fingerprint density at radius 3 is 2.52 bits per heavy atom. The second kappa shape index (κ2) is 8.12. The molecule has 0 atom stereocenters. The molecule has 1 aromatic heterocycles. The Hall–Kier alpha value is -2.35. The number of carbonyl (C=O) groups excluding carboxylic acids is 1. The highest BCUT2D eigenvalue weighted by Gasteiger charge is 2.18. The van der Waals surface area contributed by atoms with Crippen LogP contribution in [0.4, 0.5) is 5.69 Å². The van der Waals surface area contributed by atoms with Crippen molar-refractivity contribution in [3.8, 4) is 10.4 Å². The van der Waals surface area contributed by atoms with Gasteiger partial charge in [-0.15, -0.1) is 11.3 Å². The summed E-state index contributed by atoms with van der Waals surface area (Å²) in [5, 5.41) is 0.588. The Labute approximate surface area is 166 Å². The molecule has 5 nitrogen and oxygen atoms in total. The first-order valence-corrected chi connectivity index (χ1v) is 10.7. The van der Waals surface area contributed by atoms with Crippen LogP contribution < -0.4 is 4.72 Å². The number of hydrogen-bond acceptors (Lipinski definition) is 5. The van der Waals surface area contributed by atoms with Gasteiger partial charge in [-0.1, -0.05) is 23.7 Å². The van der Waals surface area contributed by atoms with E-state index in [-0.39, 0.29) is 10.8 Å². The molecule has 0 aliphatic heterocycles. The van der Waals surface area contributed by atoms with E-state index in [4.69, 9.17) is 16.3 Å². The highest BCUT2D eigenvalue weighted by atomic mass is 35.5. The van der Waals surface area contributed by atoms with Gasteiger partial charge in [0.25, 0.3) is 10.0 Å². The molecule has 1 heterocycles. The number of halogens is 1. The Morgan fingerprint density at radius 2 is 1.85 bits per heavy atom. The summed E-state index contributed by atoms with van der Waals surface area (Å²) in [6.45, 7) is 2.00. The molecule has 140 valence electrons. The van der Waals surface area contributed by atoms with Crippen LogP contribution in [0.5, 0.6) is 0 Å². The van der Waals surface area contributed by atoms with Crippen molar-refractivity contribution >= 4 is 44.6 Å². The molecule has 3 rings (SSSR count). The maximum Gasteiger partial charge on any atom is 0.338 e. The van der Waals surface area contributed by atoms with E-state index < -0.39 is 16.0 Å². The van der Waals surface area contributed by atoms with Crippen LogP contribution in [0.2, 0.25) is 5.02 Å². The van der Waals surface area contributed by atoms with Crippen LogP contribution in [0.25, 0.3) is 10.4 Å². The summed E-state index contributed by atoms with van der Waals surface area (Å²) in [6.07, 6.45) is 0. The van der Waals surface area contributed by atoms with Crippen molar-refractivity contribution in [2.45, 2.75) is 11.1 Å². The molecule has 0 aliphatic carbocycles. The van der Waals surface area contributed by atoms with E-state index in [0.29, 0.717) is 16.3 Å². The average Bonchev–Trinajstić information content (AvgIpc) is 3.13. The second-order valence-electron chi connectivity index (χ2n) is 5.53. The number of nitrogens with one attached hydrogen (secondary N) is 1. The van der Waals surface area contributed by atoms with Crippen molar-refractivity contribution in [3.63, 3.8) is 0 Å². The Balaban J connectivity index is 1.78. The topological polar surface area (TPSA) is 72.5 Å². The zero-order valence-corrected chi connectivity index (χ0v) is 16.7. The van der Waals surface area contributed by atoms with Crippen molar-refractivity contribution in [2.24, 2.45) is 0 Å². The monoisotopic (exact) mass is 421 g/mol. The standard InChI is InChI=1S/C19H16ClNO4S2/c1-2-25-19(22)13-6-8-16(9-7-13)21-27(23,24)18-11-10-17(26-18)14-4-3-5-15(20)12-14/h3-12,21H,2H2,1H3. The number of thiophene rings is 1. The first-order valence-electron chi connectivity index (χ1n) is 8.05. The van der Waals surface area contributed by atoms with Gasteiger partial charge in [0.2, 0.25) is 0 Å². The minimum Gasteiger partial charge on any atom is -0.462 e. The fourth-order valence-corrected chi connectivity index (χ4v) is 4.91. The van der Waals surface area contributed by atoms with Crippen molar-refractivity contribution in [2.75, 3.05) is 11.3 Å². The van der Waals surface area contributed by atoms with E-state index in [2.05, 4.69) is 4.72 Å². The molecule has 0 radical (unpaired) electrons. The Bertz CT molecular complexity index is 1060. The van der Waals surface area contributed by atoms with Gasteiger partial charge in [0.1, 0.15) is 4.21 Å². The van der Waals surface area contributed by atoms with E-state index >= 15 is 0 Å². The summed E-state index contributed by atoms with van der Waals surface area (Å²) in [5.41, 5.74) is 1.58. The van der Waals surface area contributed by atoms with E-state index in [1.54, 1.807) is 31.2 Å². The van der Waals surface area contributed by atoms with E-state index in [1.807, 2.05) is 12.1 Å². The number of sulfonamides is 1. The van der Waals surface area contributed by atoms with Gasteiger partial charge in [-0.25, -0.2) is 13.2 Å². The number of benzene rings is 2. The summed E-state index contributed by atoms with van der Waals surface area (Å²) in [5.74, 6) is -0.448. The fourth-order valence-electron chi connectivity index (χ4n) is 2.36. The van der Waals surface area contributed by atoms with E-state index in [0.717, 1.165) is 21.8 Å². The lowest BCUT2D eigenvalue weighted by molar-refractivity contribution is 0.0526. The third kappa shape index (κ3) is 4.68. The summed E-state index contributed by atoms with van der Waals surface area (Å²) < 4.78 is 32.8. The number of esters is 1. The number of rotatable bonds is 6. The van der Waals surface area contributed by atoms with E-state index in [9.17, 15) is 13.2 Å². The predicted molar refractivity (Wildman–Crippen MR) is 108 cm³/mol. The minimum absolute atomic E-state index is 0.187. The lowest BCUT2D eigenvalue weighted by atomic mass is 10.2. The molecule has 0 fully saturated rings. The number of carbonyl (C=O) groups is 1. The molecular formula is C19H16ClNO4S2. The van der Waals surface area contributed by atoms with Crippen LogP contribution in [0.3, 0.4) is 0 Å². The third-order valence-corrected chi connectivity index (χ3v) is 6.85. The zero-order chi connectivity index (χ0) is 19.4. The van der Waals surface area contributed by atoms with Crippen LogP contribution in [0, 0.1) is 0 Å². The smallest absolute Gasteiger partial charge is 0.338 e. The molecule has 0 saturated carbocycles. The second-order valence-corrected chi connectivity index (χ2v) is 8.96. The van der Waals surface area contributed by atoms with Gasteiger partial charge in [0.05, 0.1) is 12.2 Å². The average molecular weight is 422 g/mol. The summed E-state index contributed by atoms with van der Waals surface area (Å²) in [6, 6.07) is 16.6. The molecule has 3 aromatic rings. The molecule has 27 heavy (non-hydrogen) atoms. The summed E-state index contributed by atoms with van der Waals surface area (Å²) in [7, 11) is -3.73. The van der Waals surface area contributed by atoms with Gasteiger partial charge < -0.3 is 4.74 Å². The van der Waals surface area contributed by atoms with Crippen LogP contribution in [-0.2, 0) is 14.8 Å². The number of hydrogen-bond donors (Lipinski definition) is 1. The van der Waals surface area contributed by atoms with Gasteiger partial charge in [-0.05, 0) is 61.0 Å². The molecule has 0 bridgehead atoms. The van der Waals surface area contributed by atoms with E-state index in [1.165, 1.54) is 24.3 Å². The Morgan fingerprint density at radius 1 is 1.11 bits per heavy atom. The third-order valence-electron chi connectivity index (χ3n) is 3.60. The molecule has 0 saturated heterocycles. The van der Waals surface area contributed by atoms with Gasteiger partial charge in [-0.3, -0.25) is 4.72 Å². The fraction of sp³-hybridized carbons (Fsp3) is 0.105. The van der Waals surface area contributed by atoms with Crippen molar-refractivity contribution in [1.29, 1.82) is 0 Å². The van der Waals surface area contributed by atoms with Crippen molar-refractivity contribution < 1.29 is 17.9 Å². The maximum atomic E-state index is 12.6. The quantitative estimate of drug-likeness (QED) is 0.565. The van der Waals surface area contributed by atoms with Gasteiger partial charge >= 0.3 is 5.97 Å². The van der Waals surface area contributed by atoms with Crippen molar-refractivity contribution in [1.82, 2.24) is 0 Å². The van der Waals surface area contributed by atoms with Gasteiger partial charge in [0.15, 0.2) is 0 Å². The summed E-state index contributed by atoms with van der Waals surface area (Å²) in [4.78, 5) is 12.5. The molecule has 1 N–H and O–H groups in total. The van der Waals surface area contributed by atoms with Crippen LogP contribution in [0.1, 0.15) is 17.3 Å². The zero-order valence-electron chi connectivity index (χ0n) is 14.3. The van der Waals surface area contributed by atoms with Crippen LogP contribution >= 0.6 is 22.9 Å². The SMILES string of the molecule is CCOC(=O)c1ccc(NS(=O)(=O)c2ccc(-c3cccc(Cl)c3)s2)cc1. The lowest BCUT2D eigenvalue weighted by Gasteiger charge is -2.07. The molecule has 2 aromatic carbocycles. The predicted octanol–water partition coefficient (Wildman–Crippen LogP) is 5.05. The van der Waals surface area contributed by atoms with Crippen molar-refractivity contribution in [3.05, 3.63) is 71.2 Å². The molecule has 0 aliphatic rings. The number of anilines is 1. The van der Waals surface area contributed by atoms with Gasteiger partial charge in [0, 0.05) is 15.6 Å². The van der Waals surface area contributed by atoms with Crippen LogP contribution in [0.15, 0.2) is 64.9 Å². The molecule has 0 amide bonds. The largest absolute Gasteiger partial charge is 0.462 e. The molecule has 0 unspecified atom stereocenters. The highest BCUT2D eigenvalue weighted by Crippen LogP contribution is 2.32. The molecular weight excluding hydrogens is 406 g/mol. The first-order chi connectivity index (χ1) is 12.9. The molecule has 0 spiro atoms. The summed E-state index contributed by atoms with van der Waals surface area (Å²) >= 11 is 7.15. The highest BCUT2D eigenvalue weighted by molar-refractivity contribution is 7.94. The number of ether oxygens (including phenoxy) is 1. The minimum atomic E-state index is -3.73. The first kappa shape index (κ1) is 19.4. The maximum absolute atomic E-state index is 12.6. The molecule has 8 heteroatoms. The van der Waals surface area contributed by atoms with Gasteiger partial charge in [-0.2, -0.15) is 0 Å². The van der Waals surface area contributed by atoms with Crippen LogP contribution in [-0.4, -0.2) is 21.0 Å². The Kier molecular flexibility index (Phi) is 5.84.